The van der Waals surface area contributed by atoms with E-state index in [1.807, 2.05) is 36.2 Å². The van der Waals surface area contributed by atoms with E-state index < -0.39 is 0 Å². The molecule has 0 bridgehead atoms. The molecule has 0 atom stereocenters. The van der Waals surface area contributed by atoms with E-state index in [2.05, 4.69) is 15.9 Å². The normalized spacial score (nSPS) is 16.5. The van der Waals surface area contributed by atoms with Gasteiger partial charge >= 0.3 is 0 Å². The Kier molecular flexibility index (Phi) is 5.89. The largest absolute Gasteiger partial charge is 0.484 e. The summed E-state index contributed by atoms with van der Waals surface area (Å²) in [5, 5.41) is 0. The maximum absolute atomic E-state index is 12.2. The smallest absolute Gasteiger partial charge is 0.260 e. The fourth-order valence-electron chi connectivity index (χ4n) is 2.63. The fourth-order valence-corrected chi connectivity index (χ4v) is 2.89. The van der Waals surface area contributed by atoms with Crippen LogP contribution in [-0.2, 0) is 4.79 Å². The molecule has 1 amide bonds. The standard InChI is InChI=1S/C16H22BrNO2/c1-18(14-6-4-2-3-5-7-14)16(19)12-20-15-10-8-13(17)9-11-15/h8-11,14H,2-7,12H2,1H3. The van der Waals surface area contributed by atoms with Gasteiger partial charge in [-0.25, -0.2) is 0 Å². The molecule has 2 rings (SSSR count). The fraction of sp³-hybridized carbons (Fsp3) is 0.562. The zero-order valence-corrected chi connectivity index (χ0v) is 13.6. The van der Waals surface area contributed by atoms with E-state index in [-0.39, 0.29) is 12.5 Å². The van der Waals surface area contributed by atoms with E-state index >= 15 is 0 Å². The first-order chi connectivity index (χ1) is 9.66. The van der Waals surface area contributed by atoms with Gasteiger partial charge in [0.15, 0.2) is 6.61 Å². The van der Waals surface area contributed by atoms with Crippen molar-refractivity contribution in [3.05, 3.63) is 28.7 Å². The lowest BCUT2D eigenvalue weighted by Gasteiger charge is -2.27. The van der Waals surface area contributed by atoms with E-state index in [4.69, 9.17) is 4.74 Å². The molecule has 0 spiro atoms. The van der Waals surface area contributed by atoms with Crippen molar-refractivity contribution in [2.75, 3.05) is 13.7 Å². The van der Waals surface area contributed by atoms with Crippen molar-refractivity contribution in [1.29, 1.82) is 0 Å². The van der Waals surface area contributed by atoms with Gasteiger partial charge in [0, 0.05) is 17.6 Å². The summed E-state index contributed by atoms with van der Waals surface area (Å²) >= 11 is 3.38. The molecule has 0 unspecified atom stereocenters. The van der Waals surface area contributed by atoms with E-state index in [9.17, 15) is 4.79 Å². The Morgan fingerprint density at radius 2 is 1.80 bits per heavy atom. The van der Waals surface area contributed by atoms with Crippen molar-refractivity contribution in [3.63, 3.8) is 0 Å². The number of carbonyl (C=O) groups is 1. The Bertz CT molecular complexity index is 425. The first kappa shape index (κ1) is 15.4. The van der Waals surface area contributed by atoms with Crippen LogP contribution in [0.4, 0.5) is 0 Å². The molecule has 4 heteroatoms. The minimum absolute atomic E-state index is 0.0693. The van der Waals surface area contributed by atoms with E-state index in [0.717, 1.165) is 23.1 Å². The maximum atomic E-state index is 12.2. The molecule has 0 aliphatic heterocycles. The number of ether oxygens (including phenoxy) is 1. The summed E-state index contributed by atoms with van der Waals surface area (Å²) in [5.74, 6) is 0.802. The van der Waals surface area contributed by atoms with Gasteiger partial charge in [0.25, 0.3) is 5.91 Å². The SMILES string of the molecule is CN(C(=O)COc1ccc(Br)cc1)C1CCCCCC1. The first-order valence-electron chi connectivity index (χ1n) is 7.31. The predicted molar refractivity (Wildman–Crippen MR) is 83.9 cm³/mol. The lowest BCUT2D eigenvalue weighted by Crippen LogP contribution is -2.39. The zero-order chi connectivity index (χ0) is 14.4. The summed E-state index contributed by atoms with van der Waals surface area (Å²) in [7, 11) is 1.91. The van der Waals surface area contributed by atoms with Crippen LogP contribution in [0.15, 0.2) is 28.7 Å². The molecule has 20 heavy (non-hydrogen) atoms. The van der Waals surface area contributed by atoms with Crippen LogP contribution in [0.3, 0.4) is 0 Å². The highest BCUT2D eigenvalue weighted by atomic mass is 79.9. The Labute approximate surface area is 129 Å². The van der Waals surface area contributed by atoms with Crippen LogP contribution in [0.2, 0.25) is 0 Å². The third kappa shape index (κ3) is 4.51. The van der Waals surface area contributed by atoms with Gasteiger partial charge < -0.3 is 9.64 Å². The van der Waals surface area contributed by atoms with Gasteiger partial charge in [-0.1, -0.05) is 41.6 Å². The Balaban J connectivity index is 1.82. The highest BCUT2D eigenvalue weighted by Gasteiger charge is 2.21. The van der Waals surface area contributed by atoms with E-state index in [1.54, 1.807) is 0 Å². The number of hydrogen-bond acceptors (Lipinski definition) is 2. The number of likely N-dealkylation sites (N-methyl/N-ethyl adjacent to an activating group) is 1. The Hall–Kier alpha value is -1.03. The predicted octanol–water partition coefficient (Wildman–Crippen LogP) is 4.01. The summed E-state index contributed by atoms with van der Waals surface area (Å²) in [6.45, 7) is 0.120. The number of halogens is 1. The number of amides is 1. The number of carbonyl (C=O) groups excluding carboxylic acids is 1. The summed E-state index contributed by atoms with van der Waals surface area (Å²) in [6.07, 6.45) is 7.31. The zero-order valence-electron chi connectivity index (χ0n) is 12.0. The topological polar surface area (TPSA) is 29.5 Å². The molecule has 0 radical (unpaired) electrons. The second-order valence-electron chi connectivity index (χ2n) is 5.39. The van der Waals surface area contributed by atoms with Crippen molar-refractivity contribution in [3.8, 4) is 5.75 Å². The molecule has 1 aliphatic carbocycles. The quantitative estimate of drug-likeness (QED) is 0.775. The van der Waals surface area contributed by atoms with Gasteiger partial charge in [0.1, 0.15) is 5.75 Å². The molecule has 1 saturated carbocycles. The van der Waals surface area contributed by atoms with Crippen LogP contribution >= 0.6 is 15.9 Å². The lowest BCUT2D eigenvalue weighted by molar-refractivity contribution is -0.134. The van der Waals surface area contributed by atoms with E-state index in [1.165, 1.54) is 25.7 Å². The number of nitrogens with zero attached hydrogens (tertiary/aromatic N) is 1. The molecule has 0 N–H and O–H groups in total. The highest BCUT2D eigenvalue weighted by molar-refractivity contribution is 9.10. The van der Waals surface area contributed by atoms with Crippen molar-refractivity contribution >= 4 is 21.8 Å². The molecule has 0 aromatic heterocycles. The minimum Gasteiger partial charge on any atom is -0.484 e. The molecule has 1 aliphatic rings. The molecular weight excluding hydrogens is 318 g/mol. The van der Waals surface area contributed by atoms with Crippen LogP contribution in [0.5, 0.6) is 5.75 Å². The third-order valence-corrected chi connectivity index (χ3v) is 4.47. The summed E-state index contributed by atoms with van der Waals surface area (Å²) in [5.41, 5.74) is 0. The van der Waals surface area contributed by atoms with Gasteiger partial charge in [0.05, 0.1) is 0 Å². The minimum atomic E-state index is 0.0693. The second-order valence-corrected chi connectivity index (χ2v) is 6.31. The molecule has 0 saturated heterocycles. The van der Waals surface area contributed by atoms with Crippen LogP contribution in [-0.4, -0.2) is 30.5 Å². The van der Waals surface area contributed by atoms with Crippen molar-refractivity contribution < 1.29 is 9.53 Å². The molecular formula is C16H22BrNO2. The maximum Gasteiger partial charge on any atom is 0.260 e. The molecule has 1 fully saturated rings. The molecule has 1 aromatic carbocycles. The van der Waals surface area contributed by atoms with Crippen molar-refractivity contribution in [2.45, 2.75) is 44.6 Å². The number of benzene rings is 1. The lowest BCUT2D eigenvalue weighted by atomic mass is 10.1. The number of hydrogen-bond donors (Lipinski definition) is 0. The summed E-state index contributed by atoms with van der Waals surface area (Å²) in [6, 6.07) is 7.94. The van der Waals surface area contributed by atoms with Crippen LogP contribution in [0.25, 0.3) is 0 Å². The van der Waals surface area contributed by atoms with E-state index in [0.29, 0.717) is 6.04 Å². The van der Waals surface area contributed by atoms with Gasteiger partial charge in [-0.2, -0.15) is 0 Å². The molecule has 110 valence electrons. The Morgan fingerprint density at radius 1 is 1.20 bits per heavy atom. The second kappa shape index (κ2) is 7.67. The van der Waals surface area contributed by atoms with Gasteiger partial charge in [-0.3, -0.25) is 4.79 Å². The first-order valence-corrected chi connectivity index (χ1v) is 8.10. The number of rotatable bonds is 4. The third-order valence-electron chi connectivity index (χ3n) is 3.94. The van der Waals surface area contributed by atoms with Gasteiger partial charge in [0.2, 0.25) is 0 Å². The van der Waals surface area contributed by atoms with Crippen LogP contribution in [0, 0.1) is 0 Å². The highest BCUT2D eigenvalue weighted by Crippen LogP contribution is 2.21. The van der Waals surface area contributed by atoms with Crippen LogP contribution < -0.4 is 4.74 Å². The van der Waals surface area contributed by atoms with Gasteiger partial charge in [-0.05, 0) is 37.1 Å². The average Bonchev–Trinajstić information content (AvgIpc) is 2.74. The molecule has 3 nitrogen and oxygen atoms in total. The summed E-state index contributed by atoms with van der Waals surface area (Å²) in [4.78, 5) is 14.1. The van der Waals surface area contributed by atoms with Crippen LogP contribution in [0.1, 0.15) is 38.5 Å². The summed E-state index contributed by atoms with van der Waals surface area (Å²) < 4.78 is 6.56. The van der Waals surface area contributed by atoms with Gasteiger partial charge in [-0.15, -0.1) is 0 Å². The van der Waals surface area contributed by atoms with Crippen molar-refractivity contribution in [1.82, 2.24) is 4.90 Å². The average molecular weight is 340 g/mol. The van der Waals surface area contributed by atoms with Crippen molar-refractivity contribution in [2.24, 2.45) is 0 Å². The Morgan fingerprint density at radius 3 is 2.40 bits per heavy atom. The molecule has 1 aromatic rings. The molecule has 0 heterocycles. The monoisotopic (exact) mass is 339 g/mol.